The number of hydrogen-bond acceptors (Lipinski definition) is 4. The van der Waals surface area contributed by atoms with Crippen LogP contribution in [0.2, 0.25) is 5.02 Å². The van der Waals surface area contributed by atoms with Crippen LogP contribution in [0.25, 0.3) is 5.00 Å². The Labute approximate surface area is 155 Å². The predicted octanol–water partition coefficient (Wildman–Crippen LogP) is 4.23. The Bertz CT molecular complexity index is 958. The van der Waals surface area contributed by atoms with Crippen LogP contribution in [0.4, 0.5) is 0 Å². The molecule has 0 spiro atoms. The van der Waals surface area contributed by atoms with Crippen molar-refractivity contribution in [3.8, 4) is 5.00 Å². The van der Waals surface area contributed by atoms with Gasteiger partial charge in [0, 0.05) is 21.9 Å². The molecule has 3 aromatic rings. The topological polar surface area (TPSA) is 42.7 Å². The van der Waals surface area contributed by atoms with Crippen LogP contribution in [-0.4, -0.2) is 14.8 Å². The summed E-state index contributed by atoms with van der Waals surface area (Å²) in [5, 5.41) is 14.7. The summed E-state index contributed by atoms with van der Waals surface area (Å²) in [6.07, 6.45) is 4.47. The van der Waals surface area contributed by atoms with Gasteiger partial charge in [-0.05, 0) is 36.5 Å². The number of hydrogen-bond donors (Lipinski definition) is 1. The fourth-order valence-electron chi connectivity index (χ4n) is 4.08. The molecule has 6 heteroatoms. The first kappa shape index (κ1) is 15.6. The van der Waals surface area contributed by atoms with Gasteiger partial charge in [-0.25, -0.2) is 0 Å². The van der Waals surface area contributed by atoms with Gasteiger partial charge in [0.25, 0.3) is 0 Å². The maximum Gasteiger partial charge on any atom is 0.152 e. The summed E-state index contributed by atoms with van der Waals surface area (Å²) in [6, 6.07) is 8.28. The van der Waals surface area contributed by atoms with Gasteiger partial charge in [-0.1, -0.05) is 36.7 Å². The molecular weight excluding hydrogens is 352 g/mol. The number of benzene rings is 1. The van der Waals surface area contributed by atoms with Crippen molar-refractivity contribution >= 4 is 22.9 Å². The van der Waals surface area contributed by atoms with Crippen LogP contribution in [-0.2, 0) is 25.8 Å². The zero-order valence-corrected chi connectivity index (χ0v) is 15.6. The van der Waals surface area contributed by atoms with Crippen molar-refractivity contribution in [2.24, 2.45) is 0 Å². The molecule has 0 fully saturated rings. The first-order chi connectivity index (χ1) is 12.3. The number of halogens is 1. The Balaban J connectivity index is 1.78. The molecule has 1 aliphatic heterocycles. The van der Waals surface area contributed by atoms with E-state index in [-0.39, 0.29) is 6.04 Å². The van der Waals surface area contributed by atoms with E-state index in [4.69, 9.17) is 11.6 Å². The molecule has 3 heterocycles. The smallest absolute Gasteiger partial charge is 0.152 e. The summed E-state index contributed by atoms with van der Waals surface area (Å²) in [7, 11) is 0. The van der Waals surface area contributed by atoms with Gasteiger partial charge in [0.15, 0.2) is 5.82 Å². The van der Waals surface area contributed by atoms with E-state index in [0.717, 1.165) is 35.1 Å². The highest BCUT2D eigenvalue weighted by Gasteiger charge is 2.34. The normalized spacial score (nSPS) is 18.6. The first-order valence-electron chi connectivity index (χ1n) is 8.83. The molecule has 4 nitrogen and oxygen atoms in total. The standard InChI is InChI=1S/C19H19ClN4S/c1-2-15-22-23-16-10-21-18(11-6-3-4-8-13(11)20)17-12-7-5-9-14(12)25-19(17)24(15)16/h3-4,6,8,18,21H,2,5,7,9-10H2,1H3. The Kier molecular flexibility index (Phi) is 3.69. The van der Waals surface area contributed by atoms with Crippen LogP contribution in [0.3, 0.4) is 0 Å². The molecule has 128 valence electrons. The molecule has 0 bridgehead atoms. The van der Waals surface area contributed by atoms with Gasteiger partial charge in [-0.2, -0.15) is 0 Å². The number of aromatic nitrogens is 3. The second kappa shape index (κ2) is 5.94. The van der Waals surface area contributed by atoms with Crippen LogP contribution in [0.5, 0.6) is 0 Å². The van der Waals surface area contributed by atoms with E-state index in [2.05, 4.69) is 39.1 Å². The highest BCUT2D eigenvalue weighted by atomic mass is 35.5. The Hall–Kier alpha value is -1.69. The van der Waals surface area contributed by atoms with Crippen molar-refractivity contribution in [3.05, 3.63) is 62.5 Å². The van der Waals surface area contributed by atoms with Crippen LogP contribution < -0.4 is 5.32 Å². The molecule has 0 saturated heterocycles. The molecule has 1 aliphatic carbocycles. The maximum absolute atomic E-state index is 6.57. The molecule has 0 saturated carbocycles. The Morgan fingerprint density at radius 1 is 1.28 bits per heavy atom. The third-order valence-electron chi connectivity index (χ3n) is 5.23. The fourth-order valence-corrected chi connectivity index (χ4v) is 5.79. The van der Waals surface area contributed by atoms with Crippen molar-refractivity contribution in [2.75, 3.05) is 0 Å². The minimum absolute atomic E-state index is 0.105. The molecule has 1 N–H and O–H groups in total. The Morgan fingerprint density at radius 3 is 3.00 bits per heavy atom. The van der Waals surface area contributed by atoms with E-state index >= 15 is 0 Å². The second-order valence-corrected chi connectivity index (χ2v) is 8.12. The summed E-state index contributed by atoms with van der Waals surface area (Å²) >= 11 is 8.49. The summed E-state index contributed by atoms with van der Waals surface area (Å²) in [5.74, 6) is 2.03. The van der Waals surface area contributed by atoms with Crippen LogP contribution in [0.15, 0.2) is 24.3 Å². The SMILES string of the molecule is CCc1nnc2n1-c1sc3c(c1C(c1ccccc1Cl)NC2)CCC3. The van der Waals surface area contributed by atoms with Crippen LogP contribution in [0.1, 0.15) is 52.6 Å². The molecular formula is C19H19ClN4S. The number of rotatable bonds is 2. The molecule has 0 radical (unpaired) electrons. The number of nitrogens with one attached hydrogen (secondary N) is 1. The quantitative estimate of drug-likeness (QED) is 0.734. The fraction of sp³-hybridized carbons (Fsp3) is 0.368. The van der Waals surface area contributed by atoms with Gasteiger partial charge >= 0.3 is 0 Å². The first-order valence-corrected chi connectivity index (χ1v) is 10.0. The van der Waals surface area contributed by atoms with E-state index in [9.17, 15) is 0 Å². The highest BCUT2D eigenvalue weighted by molar-refractivity contribution is 7.15. The van der Waals surface area contributed by atoms with Crippen LogP contribution >= 0.6 is 22.9 Å². The van der Waals surface area contributed by atoms with E-state index in [0.29, 0.717) is 6.54 Å². The van der Waals surface area contributed by atoms with Gasteiger partial charge in [0.2, 0.25) is 0 Å². The van der Waals surface area contributed by atoms with E-state index < -0.39 is 0 Å². The van der Waals surface area contributed by atoms with Gasteiger partial charge in [0.1, 0.15) is 10.8 Å². The number of thiophene rings is 1. The van der Waals surface area contributed by atoms with Gasteiger partial charge < -0.3 is 0 Å². The van der Waals surface area contributed by atoms with E-state index in [1.807, 2.05) is 23.5 Å². The minimum atomic E-state index is 0.105. The van der Waals surface area contributed by atoms with Crippen molar-refractivity contribution in [1.82, 2.24) is 20.1 Å². The van der Waals surface area contributed by atoms with Gasteiger partial charge in [0.05, 0.1) is 12.6 Å². The molecule has 2 aliphatic rings. The summed E-state index contributed by atoms with van der Waals surface area (Å²) in [6.45, 7) is 2.83. The minimum Gasteiger partial charge on any atom is -0.299 e. The highest BCUT2D eigenvalue weighted by Crippen LogP contribution is 2.45. The zero-order chi connectivity index (χ0) is 17.0. The van der Waals surface area contributed by atoms with E-state index in [1.165, 1.54) is 33.8 Å². The van der Waals surface area contributed by atoms with Gasteiger partial charge in [-0.15, -0.1) is 21.5 Å². The Morgan fingerprint density at radius 2 is 2.16 bits per heavy atom. The van der Waals surface area contributed by atoms with E-state index in [1.54, 1.807) is 0 Å². The number of nitrogens with zero attached hydrogens (tertiary/aromatic N) is 3. The summed E-state index contributed by atoms with van der Waals surface area (Å²) < 4.78 is 2.28. The van der Waals surface area contributed by atoms with Crippen molar-refractivity contribution in [1.29, 1.82) is 0 Å². The molecule has 1 unspecified atom stereocenters. The molecule has 25 heavy (non-hydrogen) atoms. The largest absolute Gasteiger partial charge is 0.299 e. The molecule has 5 rings (SSSR count). The second-order valence-electron chi connectivity index (χ2n) is 6.63. The molecule has 0 amide bonds. The predicted molar refractivity (Wildman–Crippen MR) is 101 cm³/mol. The van der Waals surface area contributed by atoms with Crippen molar-refractivity contribution in [2.45, 2.75) is 45.2 Å². The lowest BCUT2D eigenvalue weighted by Gasteiger charge is -2.20. The lowest BCUT2D eigenvalue weighted by atomic mass is 9.96. The number of fused-ring (bicyclic) bond motifs is 5. The maximum atomic E-state index is 6.57. The third-order valence-corrected chi connectivity index (χ3v) is 6.87. The van der Waals surface area contributed by atoms with Crippen molar-refractivity contribution < 1.29 is 0 Å². The average molecular weight is 371 g/mol. The van der Waals surface area contributed by atoms with Crippen LogP contribution in [0, 0.1) is 0 Å². The summed E-state index contributed by atoms with van der Waals surface area (Å²) in [4.78, 5) is 1.52. The number of aryl methyl sites for hydroxylation is 2. The molecule has 2 aromatic heterocycles. The average Bonchev–Trinajstić information content (AvgIpc) is 3.29. The lowest BCUT2D eigenvalue weighted by molar-refractivity contribution is 0.596. The monoisotopic (exact) mass is 370 g/mol. The molecule has 1 aromatic carbocycles. The molecule has 1 atom stereocenters. The third kappa shape index (κ3) is 2.30. The van der Waals surface area contributed by atoms with Gasteiger partial charge in [-0.3, -0.25) is 9.88 Å². The zero-order valence-electron chi connectivity index (χ0n) is 14.1. The summed E-state index contributed by atoms with van der Waals surface area (Å²) in [5.41, 5.74) is 4.05. The van der Waals surface area contributed by atoms with Crippen molar-refractivity contribution in [3.63, 3.8) is 0 Å². The lowest BCUT2D eigenvalue weighted by Crippen LogP contribution is -2.22.